The van der Waals surface area contributed by atoms with Crippen LogP contribution in [0.2, 0.25) is 0 Å². The first-order valence-corrected chi connectivity index (χ1v) is 7.70. The Kier molecular flexibility index (Phi) is 5.13. The van der Waals surface area contributed by atoms with Crippen molar-refractivity contribution in [2.24, 2.45) is 0 Å². The van der Waals surface area contributed by atoms with E-state index < -0.39 is 0 Å². The summed E-state index contributed by atoms with van der Waals surface area (Å²) in [4.78, 5) is 11.9. The Morgan fingerprint density at radius 1 is 1.41 bits per heavy atom. The molecule has 0 aromatic heterocycles. The third kappa shape index (κ3) is 4.16. The van der Waals surface area contributed by atoms with E-state index in [0.29, 0.717) is 12.5 Å². The summed E-state index contributed by atoms with van der Waals surface area (Å²) in [6.07, 6.45) is 4.12. The predicted molar refractivity (Wildman–Crippen MR) is 70.1 cm³/mol. The minimum atomic E-state index is -0.346. The van der Waals surface area contributed by atoms with E-state index in [0.717, 1.165) is 43.7 Å². The molecule has 0 radical (unpaired) electrons. The van der Waals surface area contributed by atoms with Gasteiger partial charge in [0.15, 0.2) is 0 Å². The number of hydrogen-bond donors (Lipinski definition) is 3. The fraction of sp³-hybridized carbons (Fsp3) is 0.917. The van der Waals surface area contributed by atoms with Crippen LogP contribution in [-0.4, -0.2) is 47.3 Å². The highest BCUT2D eigenvalue weighted by Crippen LogP contribution is 2.18. The Bertz CT molecular complexity index is 257. The first-order valence-electron chi connectivity index (χ1n) is 6.54. The van der Waals surface area contributed by atoms with E-state index >= 15 is 0 Å². The quantitative estimate of drug-likeness (QED) is 0.690. The fourth-order valence-corrected chi connectivity index (χ4v) is 3.47. The average Bonchev–Trinajstić information content (AvgIpc) is 2.33. The molecule has 0 spiro atoms. The van der Waals surface area contributed by atoms with Crippen molar-refractivity contribution in [2.45, 2.75) is 50.3 Å². The van der Waals surface area contributed by atoms with Gasteiger partial charge in [0.05, 0.1) is 12.1 Å². The molecule has 1 aliphatic heterocycles. The lowest BCUT2D eigenvalue weighted by Gasteiger charge is -2.29. The zero-order chi connectivity index (χ0) is 12.1. The largest absolute Gasteiger partial charge is 0.391 e. The molecular weight excluding hydrogens is 236 g/mol. The standard InChI is InChI=1S/C12H22N2O2S/c15-11-4-2-1-3-10(11)14-12(16)7-9-8-17-6-5-13-9/h9-11,13,15H,1-8H2,(H,14,16). The second-order valence-electron chi connectivity index (χ2n) is 4.96. The number of carbonyl (C=O) groups is 1. The number of aliphatic hydroxyl groups is 1. The van der Waals surface area contributed by atoms with Crippen molar-refractivity contribution in [3.63, 3.8) is 0 Å². The molecule has 0 aromatic rings. The molecule has 1 heterocycles. The Labute approximate surface area is 107 Å². The van der Waals surface area contributed by atoms with Gasteiger partial charge in [0.25, 0.3) is 0 Å². The minimum absolute atomic E-state index is 0.0208. The first-order chi connectivity index (χ1) is 8.25. The maximum Gasteiger partial charge on any atom is 0.221 e. The van der Waals surface area contributed by atoms with Gasteiger partial charge in [-0.3, -0.25) is 4.79 Å². The lowest BCUT2D eigenvalue weighted by Crippen LogP contribution is -2.48. The highest BCUT2D eigenvalue weighted by atomic mass is 32.2. The summed E-state index contributed by atoms with van der Waals surface area (Å²) < 4.78 is 0. The van der Waals surface area contributed by atoms with Crippen LogP contribution < -0.4 is 10.6 Å². The number of nitrogens with one attached hydrogen (secondary N) is 2. The number of carbonyl (C=O) groups excluding carboxylic acids is 1. The van der Waals surface area contributed by atoms with Crippen LogP contribution in [0.3, 0.4) is 0 Å². The summed E-state index contributed by atoms with van der Waals surface area (Å²) in [6, 6.07) is 0.280. The summed E-state index contributed by atoms with van der Waals surface area (Å²) in [5.41, 5.74) is 0. The van der Waals surface area contributed by atoms with E-state index in [1.165, 1.54) is 0 Å². The molecule has 3 N–H and O–H groups in total. The molecule has 3 atom stereocenters. The van der Waals surface area contributed by atoms with E-state index in [4.69, 9.17) is 0 Å². The highest BCUT2D eigenvalue weighted by molar-refractivity contribution is 7.99. The van der Waals surface area contributed by atoms with Crippen LogP contribution in [0, 0.1) is 0 Å². The van der Waals surface area contributed by atoms with Crippen molar-refractivity contribution < 1.29 is 9.90 Å². The van der Waals surface area contributed by atoms with Gasteiger partial charge in [0.1, 0.15) is 0 Å². The molecule has 17 heavy (non-hydrogen) atoms. The molecule has 1 aliphatic carbocycles. The molecule has 1 saturated heterocycles. The van der Waals surface area contributed by atoms with Crippen LogP contribution >= 0.6 is 11.8 Å². The van der Waals surface area contributed by atoms with E-state index in [2.05, 4.69) is 10.6 Å². The molecule has 2 rings (SSSR count). The maximum absolute atomic E-state index is 11.9. The van der Waals surface area contributed by atoms with Crippen molar-refractivity contribution in [3.05, 3.63) is 0 Å². The normalized spacial score (nSPS) is 34.3. The number of amides is 1. The predicted octanol–water partition coefficient (Wildman–Crippen LogP) is 0.501. The Morgan fingerprint density at radius 2 is 2.24 bits per heavy atom. The van der Waals surface area contributed by atoms with Crippen LogP contribution in [0.25, 0.3) is 0 Å². The SMILES string of the molecule is O=C(CC1CSCCN1)NC1CCCCC1O. The number of hydrogen-bond acceptors (Lipinski definition) is 4. The van der Waals surface area contributed by atoms with Gasteiger partial charge in [0.2, 0.25) is 5.91 Å². The van der Waals surface area contributed by atoms with Gasteiger partial charge < -0.3 is 15.7 Å². The number of aliphatic hydroxyl groups excluding tert-OH is 1. The van der Waals surface area contributed by atoms with Crippen LogP contribution in [0.5, 0.6) is 0 Å². The molecule has 5 heteroatoms. The number of thioether (sulfide) groups is 1. The van der Waals surface area contributed by atoms with Gasteiger partial charge in [-0.15, -0.1) is 0 Å². The fourth-order valence-electron chi connectivity index (χ4n) is 2.52. The van der Waals surface area contributed by atoms with Gasteiger partial charge in [-0.25, -0.2) is 0 Å². The van der Waals surface area contributed by atoms with E-state index in [1.807, 2.05) is 11.8 Å². The lowest BCUT2D eigenvalue weighted by atomic mass is 9.92. The average molecular weight is 258 g/mol. The van der Waals surface area contributed by atoms with Crippen LogP contribution in [0.1, 0.15) is 32.1 Å². The second-order valence-corrected chi connectivity index (χ2v) is 6.11. The molecule has 1 amide bonds. The first kappa shape index (κ1) is 13.2. The Balaban J connectivity index is 1.72. The molecule has 2 aliphatic rings. The molecule has 0 bridgehead atoms. The molecule has 1 saturated carbocycles. The molecule has 0 aromatic carbocycles. The van der Waals surface area contributed by atoms with E-state index in [-0.39, 0.29) is 18.1 Å². The summed E-state index contributed by atoms with van der Waals surface area (Å²) in [7, 11) is 0. The molecule has 4 nitrogen and oxygen atoms in total. The molecule has 98 valence electrons. The van der Waals surface area contributed by atoms with Gasteiger partial charge in [-0.2, -0.15) is 11.8 Å². The van der Waals surface area contributed by atoms with Crippen molar-refractivity contribution in [3.8, 4) is 0 Å². The Hall–Kier alpha value is -0.260. The monoisotopic (exact) mass is 258 g/mol. The zero-order valence-corrected chi connectivity index (χ0v) is 11.0. The number of rotatable bonds is 3. The van der Waals surface area contributed by atoms with Crippen molar-refractivity contribution >= 4 is 17.7 Å². The third-order valence-electron chi connectivity index (χ3n) is 3.51. The van der Waals surface area contributed by atoms with Crippen LogP contribution in [0.4, 0.5) is 0 Å². The summed E-state index contributed by atoms with van der Waals surface area (Å²) in [5.74, 6) is 2.23. The maximum atomic E-state index is 11.9. The van der Waals surface area contributed by atoms with Crippen molar-refractivity contribution in [1.29, 1.82) is 0 Å². The van der Waals surface area contributed by atoms with Crippen LogP contribution in [0.15, 0.2) is 0 Å². The van der Waals surface area contributed by atoms with Crippen LogP contribution in [-0.2, 0) is 4.79 Å². The highest BCUT2D eigenvalue weighted by Gasteiger charge is 2.25. The summed E-state index contributed by atoms with van der Waals surface area (Å²) in [5, 5.41) is 16.1. The van der Waals surface area contributed by atoms with Gasteiger partial charge in [0, 0.05) is 30.5 Å². The third-order valence-corrected chi connectivity index (χ3v) is 4.64. The second kappa shape index (κ2) is 6.61. The summed E-state index contributed by atoms with van der Waals surface area (Å²) in [6.45, 7) is 0.995. The topological polar surface area (TPSA) is 61.4 Å². The molecule has 2 fully saturated rings. The molecular formula is C12H22N2O2S. The zero-order valence-electron chi connectivity index (χ0n) is 10.2. The van der Waals surface area contributed by atoms with Crippen molar-refractivity contribution in [2.75, 3.05) is 18.1 Å². The van der Waals surface area contributed by atoms with E-state index in [1.54, 1.807) is 0 Å². The minimum Gasteiger partial charge on any atom is -0.391 e. The lowest BCUT2D eigenvalue weighted by molar-refractivity contribution is -0.123. The Morgan fingerprint density at radius 3 is 2.94 bits per heavy atom. The van der Waals surface area contributed by atoms with E-state index in [9.17, 15) is 9.90 Å². The smallest absolute Gasteiger partial charge is 0.221 e. The van der Waals surface area contributed by atoms with Crippen molar-refractivity contribution in [1.82, 2.24) is 10.6 Å². The van der Waals surface area contributed by atoms with Gasteiger partial charge >= 0.3 is 0 Å². The molecule has 3 unspecified atom stereocenters. The van der Waals surface area contributed by atoms with Gasteiger partial charge in [-0.1, -0.05) is 12.8 Å². The summed E-state index contributed by atoms with van der Waals surface area (Å²) >= 11 is 1.90. The van der Waals surface area contributed by atoms with Gasteiger partial charge in [-0.05, 0) is 12.8 Å².